The number of hydrogen-bond donors (Lipinski definition) is 1. The summed E-state index contributed by atoms with van der Waals surface area (Å²) in [4.78, 5) is 12.3. The quantitative estimate of drug-likeness (QED) is 0.802. The van der Waals surface area contributed by atoms with Gasteiger partial charge in [0.2, 0.25) is 10.0 Å². The van der Waals surface area contributed by atoms with Gasteiger partial charge < -0.3 is 10.1 Å². The van der Waals surface area contributed by atoms with Crippen LogP contribution in [0.2, 0.25) is 10.0 Å². The van der Waals surface area contributed by atoms with E-state index >= 15 is 0 Å². The highest BCUT2D eigenvalue weighted by atomic mass is 35.5. The SMILES string of the molecule is O=C(Nc1cc(Cl)cc(Cl)c1)c1cc(S(=O)(=O)N2CCOCC2)ccc1F. The predicted octanol–water partition coefficient (Wildman–Crippen LogP) is 3.41. The zero-order chi connectivity index (χ0) is 19.6. The number of sulfonamides is 1. The molecule has 1 aliphatic rings. The maximum Gasteiger partial charge on any atom is 0.258 e. The molecule has 0 radical (unpaired) electrons. The number of carbonyl (C=O) groups is 1. The Morgan fingerprint density at radius 3 is 2.33 bits per heavy atom. The summed E-state index contributed by atoms with van der Waals surface area (Å²) in [6.45, 7) is 0.955. The van der Waals surface area contributed by atoms with Crippen LogP contribution in [0.4, 0.5) is 10.1 Å². The lowest BCUT2D eigenvalue weighted by Gasteiger charge is -2.26. The number of ether oxygens (including phenoxy) is 1. The van der Waals surface area contributed by atoms with Crippen LogP contribution in [-0.2, 0) is 14.8 Å². The first-order valence-electron chi connectivity index (χ1n) is 7.92. The van der Waals surface area contributed by atoms with Crippen LogP contribution in [0, 0.1) is 5.82 Å². The number of halogens is 3. The van der Waals surface area contributed by atoms with Crippen LogP contribution in [0.15, 0.2) is 41.3 Å². The fourth-order valence-electron chi connectivity index (χ4n) is 2.60. The van der Waals surface area contributed by atoms with E-state index in [9.17, 15) is 17.6 Å². The van der Waals surface area contributed by atoms with Crippen molar-refractivity contribution in [1.29, 1.82) is 0 Å². The lowest BCUT2D eigenvalue weighted by molar-refractivity contribution is 0.0730. The number of hydrogen-bond acceptors (Lipinski definition) is 4. The Kier molecular flexibility index (Phi) is 6.02. The van der Waals surface area contributed by atoms with E-state index in [2.05, 4.69) is 5.32 Å². The van der Waals surface area contributed by atoms with Crippen molar-refractivity contribution in [3.05, 3.63) is 57.8 Å². The van der Waals surface area contributed by atoms with E-state index < -0.39 is 27.3 Å². The molecule has 0 spiro atoms. The molecule has 1 amide bonds. The third-order valence-corrected chi connectivity index (χ3v) is 6.24. The molecule has 144 valence electrons. The minimum Gasteiger partial charge on any atom is -0.379 e. The van der Waals surface area contributed by atoms with Crippen molar-refractivity contribution in [2.24, 2.45) is 0 Å². The van der Waals surface area contributed by atoms with E-state index in [1.807, 2.05) is 0 Å². The van der Waals surface area contributed by atoms with Crippen molar-refractivity contribution in [1.82, 2.24) is 4.31 Å². The molecule has 0 unspecified atom stereocenters. The monoisotopic (exact) mass is 432 g/mol. The van der Waals surface area contributed by atoms with E-state index in [4.69, 9.17) is 27.9 Å². The van der Waals surface area contributed by atoms with Crippen molar-refractivity contribution < 1.29 is 22.3 Å². The van der Waals surface area contributed by atoms with Crippen molar-refractivity contribution in [2.75, 3.05) is 31.6 Å². The summed E-state index contributed by atoms with van der Waals surface area (Å²) in [6, 6.07) is 7.46. The van der Waals surface area contributed by atoms with Gasteiger partial charge in [-0.1, -0.05) is 23.2 Å². The summed E-state index contributed by atoms with van der Waals surface area (Å²) in [6.07, 6.45) is 0. The van der Waals surface area contributed by atoms with Gasteiger partial charge in [0.05, 0.1) is 23.7 Å². The van der Waals surface area contributed by atoms with Gasteiger partial charge in [-0.3, -0.25) is 4.79 Å². The fourth-order valence-corrected chi connectivity index (χ4v) is 4.56. The molecule has 0 aromatic heterocycles. The van der Waals surface area contributed by atoms with Crippen LogP contribution in [-0.4, -0.2) is 44.9 Å². The maximum absolute atomic E-state index is 14.2. The van der Waals surface area contributed by atoms with E-state index in [0.717, 1.165) is 18.2 Å². The Bertz CT molecular complexity index is 959. The standard InChI is InChI=1S/C17H15Cl2FN2O4S/c18-11-7-12(19)9-13(8-11)21-17(23)15-10-14(1-2-16(15)20)27(24,25)22-3-5-26-6-4-22/h1-2,7-10H,3-6H2,(H,21,23). The lowest BCUT2D eigenvalue weighted by Crippen LogP contribution is -2.40. The molecule has 1 saturated heterocycles. The minimum absolute atomic E-state index is 0.167. The molecule has 2 aromatic rings. The van der Waals surface area contributed by atoms with Crippen molar-refractivity contribution in [2.45, 2.75) is 4.90 Å². The van der Waals surface area contributed by atoms with Crippen LogP contribution in [0.1, 0.15) is 10.4 Å². The molecule has 0 bridgehead atoms. The van der Waals surface area contributed by atoms with Gasteiger partial charge in [-0.05, 0) is 36.4 Å². The second-order valence-corrected chi connectivity index (χ2v) is 8.58. The van der Waals surface area contributed by atoms with E-state index in [0.29, 0.717) is 10.0 Å². The molecule has 0 saturated carbocycles. The summed E-state index contributed by atoms with van der Waals surface area (Å²) >= 11 is 11.8. The Morgan fingerprint density at radius 1 is 1.07 bits per heavy atom. The van der Waals surface area contributed by atoms with E-state index in [1.54, 1.807) is 0 Å². The van der Waals surface area contributed by atoms with Gasteiger partial charge in [0, 0.05) is 28.8 Å². The van der Waals surface area contributed by atoms with Gasteiger partial charge in [0.15, 0.2) is 0 Å². The van der Waals surface area contributed by atoms with Crippen LogP contribution >= 0.6 is 23.2 Å². The summed E-state index contributed by atoms with van der Waals surface area (Å²) in [7, 11) is -3.86. The largest absolute Gasteiger partial charge is 0.379 e. The maximum atomic E-state index is 14.2. The highest BCUT2D eigenvalue weighted by Crippen LogP contribution is 2.24. The number of rotatable bonds is 4. The average Bonchev–Trinajstić information content (AvgIpc) is 2.61. The van der Waals surface area contributed by atoms with Crippen LogP contribution < -0.4 is 5.32 Å². The third-order valence-electron chi connectivity index (χ3n) is 3.91. The normalized spacial score (nSPS) is 15.5. The zero-order valence-electron chi connectivity index (χ0n) is 13.9. The molecule has 1 heterocycles. The van der Waals surface area contributed by atoms with E-state index in [1.165, 1.54) is 22.5 Å². The Morgan fingerprint density at radius 2 is 1.70 bits per heavy atom. The van der Waals surface area contributed by atoms with Crippen LogP contribution in [0.3, 0.4) is 0 Å². The Labute approximate surface area is 165 Å². The second-order valence-electron chi connectivity index (χ2n) is 5.77. The number of carbonyl (C=O) groups excluding carboxylic acids is 1. The number of amides is 1. The average molecular weight is 433 g/mol. The van der Waals surface area contributed by atoms with Crippen LogP contribution in [0.25, 0.3) is 0 Å². The molecule has 6 nitrogen and oxygen atoms in total. The first-order chi connectivity index (χ1) is 12.8. The number of anilines is 1. The molecule has 3 rings (SSSR count). The Hall–Kier alpha value is -1.71. The molecule has 27 heavy (non-hydrogen) atoms. The van der Waals surface area contributed by atoms with Crippen molar-refractivity contribution in [3.63, 3.8) is 0 Å². The molecule has 10 heteroatoms. The van der Waals surface area contributed by atoms with Crippen LogP contribution in [0.5, 0.6) is 0 Å². The lowest BCUT2D eigenvalue weighted by atomic mass is 10.2. The number of benzene rings is 2. The van der Waals surface area contributed by atoms with Crippen molar-refractivity contribution in [3.8, 4) is 0 Å². The molecule has 1 N–H and O–H groups in total. The zero-order valence-corrected chi connectivity index (χ0v) is 16.2. The number of nitrogens with zero attached hydrogens (tertiary/aromatic N) is 1. The summed E-state index contributed by atoms with van der Waals surface area (Å²) in [5, 5.41) is 3.05. The van der Waals surface area contributed by atoms with Crippen molar-refractivity contribution >= 4 is 44.8 Å². The van der Waals surface area contributed by atoms with Gasteiger partial charge in [0.25, 0.3) is 5.91 Å². The smallest absolute Gasteiger partial charge is 0.258 e. The molecule has 0 aliphatic carbocycles. The molecule has 1 aliphatic heterocycles. The Balaban J connectivity index is 1.89. The third kappa shape index (κ3) is 4.59. The predicted molar refractivity (Wildman–Crippen MR) is 100 cm³/mol. The minimum atomic E-state index is -3.86. The number of morpholine rings is 1. The van der Waals surface area contributed by atoms with Gasteiger partial charge in [-0.25, -0.2) is 12.8 Å². The summed E-state index contributed by atoms with van der Waals surface area (Å²) in [5.74, 6) is -1.66. The highest BCUT2D eigenvalue weighted by Gasteiger charge is 2.28. The van der Waals surface area contributed by atoms with Gasteiger partial charge in [-0.15, -0.1) is 0 Å². The highest BCUT2D eigenvalue weighted by molar-refractivity contribution is 7.89. The summed E-state index contributed by atoms with van der Waals surface area (Å²) < 4.78 is 46.0. The molecular formula is C17H15Cl2FN2O4S. The molecular weight excluding hydrogens is 418 g/mol. The second kappa shape index (κ2) is 8.12. The molecule has 0 atom stereocenters. The first kappa shape index (κ1) is 20.0. The topological polar surface area (TPSA) is 75.7 Å². The number of nitrogens with one attached hydrogen (secondary N) is 1. The van der Waals surface area contributed by atoms with Gasteiger partial charge >= 0.3 is 0 Å². The van der Waals surface area contributed by atoms with Gasteiger partial charge in [0.1, 0.15) is 5.82 Å². The molecule has 1 fully saturated rings. The first-order valence-corrected chi connectivity index (χ1v) is 10.1. The fraction of sp³-hybridized carbons (Fsp3) is 0.235. The van der Waals surface area contributed by atoms with E-state index in [-0.39, 0.29) is 36.9 Å². The summed E-state index contributed by atoms with van der Waals surface area (Å²) in [5.41, 5.74) is -0.140. The van der Waals surface area contributed by atoms with Gasteiger partial charge in [-0.2, -0.15) is 4.31 Å². The molecule has 2 aromatic carbocycles.